The first-order valence-electron chi connectivity index (χ1n) is 9.66. The van der Waals surface area contributed by atoms with E-state index in [0.29, 0.717) is 24.4 Å². The van der Waals surface area contributed by atoms with Crippen LogP contribution in [0.25, 0.3) is 0 Å². The lowest BCUT2D eigenvalue weighted by atomic mass is 10.2. The molecule has 1 heterocycles. The van der Waals surface area contributed by atoms with Gasteiger partial charge in [0.1, 0.15) is 5.75 Å². The maximum atomic E-state index is 12.4. The van der Waals surface area contributed by atoms with Crippen LogP contribution in [0.5, 0.6) is 5.75 Å². The van der Waals surface area contributed by atoms with Crippen molar-refractivity contribution in [3.63, 3.8) is 0 Å². The van der Waals surface area contributed by atoms with Crippen LogP contribution in [0.1, 0.15) is 18.4 Å². The molecule has 158 valence electrons. The number of nitrogens with one attached hydrogen (secondary N) is 1. The van der Waals surface area contributed by atoms with E-state index in [1.54, 1.807) is 36.2 Å². The van der Waals surface area contributed by atoms with Gasteiger partial charge >= 0.3 is 0 Å². The number of aryl methyl sites for hydroxylation is 1. The van der Waals surface area contributed by atoms with Crippen LogP contribution < -0.4 is 15.0 Å². The summed E-state index contributed by atoms with van der Waals surface area (Å²) in [6.45, 7) is 2.31. The Hall–Kier alpha value is -2.87. The molecule has 1 fully saturated rings. The van der Waals surface area contributed by atoms with Gasteiger partial charge in [-0.1, -0.05) is 22.0 Å². The topological polar surface area (TPSA) is 79.0 Å². The van der Waals surface area contributed by atoms with Gasteiger partial charge in [0, 0.05) is 41.9 Å². The quantitative estimate of drug-likeness (QED) is 0.668. The first-order chi connectivity index (χ1) is 14.3. The van der Waals surface area contributed by atoms with E-state index in [0.717, 1.165) is 22.1 Å². The van der Waals surface area contributed by atoms with Gasteiger partial charge in [-0.15, -0.1) is 0 Å². The van der Waals surface area contributed by atoms with Crippen LogP contribution in [0.4, 0.5) is 11.4 Å². The van der Waals surface area contributed by atoms with Crippen molar-refractivity contribution < 1.29 is 19.1 Å². The minimum absolute atomic E-state index is 0.0833. The molecule has 0 aromatic heterocycles. The Bertz CT molecular complexity index is 963. The fourth-order valence-electron chi connectivity index (χ4n) is 3.18. The minimum atomic E-state index is -0.319. The molecule has 7 nitrogen and oxygen atoms in total. The van der Waals surface area contributed by atoms with Crippen molar-refractivity contribution in [3.8, 4) is 5.75 Å². The zero-order valence-electron chi connectivity index (χ0n) is 17.0. The van der Waals surface area contributed by atoms with E-state index < -0.39 is 0 Å². The Morgan fingerprint density at radius 2 is 2.03 bits per heavy atom. The smallest absolute Gasteiger partial charge is 0.260 e. The second-order valence-electron chi connectivity index (χ2n) is 7.19. The summed E-state index contributed by atoms with van der Waals surface area (Å²) in [6, 6.07) is 12.7. The number of hydrogen-bond acceptors (Lipinski definition) is 4. The van der Waals surface area contributed by atoms with Gasteiger partial charge in [0.05, 0.1) is 6.54 Å². The summed E-state index contributed by atoms with van der Waals surface area (Å²) in [5, 5.41) is 2.81. The van der Waals surface area contributed by atoms with E-state index in [4.69, 9.17) is 4.74 Å². The standard InChI is InChI=1S/C22H24BrN3O4/c1-15-11-16(23)8-9-19(15)24-20(27)13-25(2)22(29)14-30-18-6-3-5-17(12-18)26-10-4-7-21(26)28/h3,5-6,8-9,11-12H,4,7,10,13-14H2,1-2H3,(H,24,27). The molecule has 0 atom stereocenters. The Morgan fingerprint density at radius 3 is 2.73 bits per heavy atom. The molecule has 1 aliphatic heterocycles. The van der Waals surface area contributed by atoms with Crippen molar-refractivity contribution in [2.24, 2.45) is 0 Å². The predicted octanol–water partition coefficient (Wildman–Crippen LogP) is 3.36. The van der Waals surface area contributed by atoms with Crippen LogP contribution in [0.3, 0.4) is 0 Å². The van der Waals surface area contributed by atoms with Gasteiger partial charge in [0.25, 0.3) is 5.91 Å². The van der Waals surface area contributed by atoms with E-state index in [9.17, 15) is 14.4 Å². The summed E-state index contributed by atoms with van der Waals surface area (Å²) in [4.78, 5) is 39.6. The highest BCUT2D eigenvalue weighted by molar-refractivity contribution is 9.10. The normalized spacial score (nSPS) is 13.3. The number of ether oxygens (including phenoxy) is 1. The number of anilines is 2. The van der Waals surface area contributed by atoms with Crippen molar-refractivity contribution in [2.75, 3.05) is 37.0 Å². The largest absolute Gasteiger partial charge is 0.484 e. The number of hydrogen-bond donors (Lipinski definition) is 1. The van der Waals surface area contributed by atoms with Crippen LogP contribution in [0.2, 0.25) is 0 Å². The highest BCUT2D eigenvalue weighted by atomic mass is 79.9. The van der Waals surface area contributed by atoms with Crippen LogP contribution >= 0.6 is 15.9 Å². The molecule has 1 aliphatic rings. The molecule has 2 aromatic rings. The van der Waals surface area contributed by atoms with Crippen LogP contribution in [0, 0.1) is 6.92 Å². The summed E-state index contributed by atoms with van der Waals surface area (Å²) >= 11 is 3.39. The van der Waals surface area contributed by atoms with Crippen molar-refractivity contribution >= 4 is 45.0 Å². The summed E-state index contributed by atoms with van der Waals surface area (Å²) in [6.07, 6.45) is 1.39. The average Bonchev–Trinajstić information content (AvgIpc) is 3.14. The summed E-state index contributed by atoms with van der Waals surface area (Å²) < 4.78 is 6.52. The third-order valence-corrected chi connectivity index (χ3v) is 5.33. The third-order valence-electron chi connectivity index (χ3n) is 4.83. The molecule has 3 rings (SSSR count). The molecule has 0 spiro atoms. The molecule has 3 amide bonds. The summed E-state index contributed by atoms with van der Waals surface area (Å²) in [7, 11) is 1.55. The zero-order valence-corrected chi connectivity index (χ0v) is 18.6. The molecule has 1 saturated heterocycles. The predicted molar refractivity (Wildman–Crippen MR) is 119 cm³/mol. The average molecular weight is 474 g/mol. The van der Waals surface area contributed by atoms with Gasteiger partial charge in [-0.05, 0) is 49.2 Å². The van der Waals surface area contributed by atoms with Gasteiger partial charge in [-0.25, -0.2) is 0 Å². The van der Waals surface area contributed by atoms with Gasteiger partial charge in [0.2, 0.25) is 11.8 Å². The summed E-state index contributed by atoms with van der Waals surface area (Å²) in [5.74, 6) is -0.00924. The monoisotopic (exact) mass is 473 g/mol. The number of halogens is 1. The van der Waals surface area contributed by atoms with E-state index in [1.807, 2.05) is 25.1 Å². The Morgan fingerprint density at radius 1 is 1.23 bits per heavy atom. The van der Waals surface area contributed by atoms with Crippen molar-refractivity contribution in [1.82, 2.24) is 4.90 Å². The minimum Gasteiger partial charge on any atom is -0.484 e. The van der Waals surface area contributed by atoms with Crippen molar-refractivity contribution in [1.29, 1.82) is 0 Å². The van der Waals surface area contributed by atoms with Crippen molar-refractivity contribution in [3.05, 3.63) is 52.5 Å². The SMILES string of the molecule is Cc1cc(Br)ccc1NC(=O)CN(C)C(=O)COc1cccc(N2CCCC2=O)c1. The fraction of sp³-hybridized carbons (Fsp3) is 0.318. The number of likely N-dealkylation sites (N-methyl/N-ethyl adjacent to an activating group) is 1. The molecule has 0 aliphatic carbocycles. The highest BCUT2D eigenvalue weighted by Gasteiger charge is 2.22. The Kier molecular flexibility index (Phi) is 7.10. The van der Waals surface area contributed by atoms with Crippen LogP contribution in [-0.2, 0) is 14.4 Å². The molecule has 30 heavy (non-hydrogen) atoms. The maximum absolute atomic E-state index is 12.4. The van der Waals surface area contributed by atoms with E-state index in [1.165, 1.54) is 4.90 Å². The van der Waals surface area contributed by atoms with Gasteiger partial charge in [0.15, 0.2) is 6.61 Å². The molecular weight excluding hydrogens is 450 g/mol. The number of carbonyl (C=O) groups is 3. The zero-order chi connectivity index (χ0) is 21.7. The number of rotatable bonds is 7. The summed E-state index contributed by atoms with van der Waals surface area (Å²) in [5.41, 5.74) is 2.39. The lowest BCUT2D eigenvalue weighted by Gasteiger charge is -2.19. The lowest BCUT2D eigenvalue weighted by Crippen LogP contribution is -2.37. The number of carbonyl (C=O) groups excluding carboxylic acids is 3. The lowest BCUT2D eigenvalue weighted by molar-refractivity contribution is -0.135. The first-order valence-corrected chi connectivity index (χ1v) is 10.5. The molecule has 0 saturated carbocycles. The van der Waals surface area contributed by atoms with Crippen LogP contribution in [-0.4, -0.2) is 49.4 Å². The van der Waals surface area contributed by atoms with Crippen molar-refractivity contribution in [2.45, 2.75) is 19.8 Å². The van der Waals surface area contributed by atoms with E-state index in [-0.39, 0.29) is 30.9 Å². The Balaban J connectivity index is 1.51. The van der Waals surface area contributed by atoms with E-state index in [2.05, 4.69) is 21.2 Å². The molecule has 0 bridgehead atoms. The molecule has 2 aromatic carbocycles. The second-order valence-corrected chi connectivity index (χ2v) is 8.11. The fourth-order valence-corrected chi connectivity index (χ4v) is 3.65. The van der Waals surface area contributed by atoms with Gasteiger partial charge in [-0.2, -0.15) is 0 Å². The molecule has 0 unspecified atom stereocenters. The van der Waals surface area contributed by atoms with Crippen LogP contribution in [0.15, 0.2) is 46.9 Å². The maximum Gasteiger partial charge on any atom is 0.260 e. The molecule has 8 heteroatoms. The van der Waals surface area contributed by atoms with E-state index >= 15 is 0 Å². The molecular formula is C22H24BrN3O4. The number of amides is 3. The number of benzene rings is 2. The first kappa shape index (κ1) is 21.8. The van der Waals surface area contributed by atoms with Gasteiger partial charge < -0.3 is 19.9 Å². The third kappa shape index (κ3) is 5.60. The van der Waals surface area contributed by atoms with Gasteiger partial charge in [-0.3, -0.25) is 14.4 Å². The molecule has 0 radical (unpaired) electrons. The second kappa shape index (κ2) is 9.75. The number of nitrogens with zero attached hydrogens (tertiary/aromatic N) is 2. The molecule has 1 N–H and O–H groups in total. The Labute approximate surface area is 184 Å². The highest BCUT2D eigenvalue weighted by Crippen LogP contribution is 2.25.